The molecule has 5 heterocycles. The molecule has 0 atom stereocenters. The number of carbonyl (C=O) groups is 2. The first kappa shape index (κ1) is 19.8. The van der Waals surface area contributed by atoms with Crippen molar-refractivity contribution in [2.24, 2.45) is 5.92 Å². The van der Waals surface area contributed by atoms with Crippen LogP contribution in [-0.4, -0.2) is 49.8 Å². The lowest BCUT2D eigenvalue weighted by Crippen LogP contribution is -2.52. The maximum Gasteiger partial charge on any atom is 0.341 e. The fourth-order valence-corrected chi connectivity index (χ4v) is 4.01. The molecule has 4 aromatic rings. The number of anilines is 2. The van der Waals surface area contributed by atoms with E-state index in [0.717, 1.165) is 12.3 Å². The van der Waals surface area contributed by atoms with Gasteiger partial charge >= 0.3 is 5.97 Å². The number of carbonyl (C=O) groups excluding carboxylic acids is 1. The molecule has 1 fully saturated rings. The summed E-state index contributed by atoms with van der Waals surface area (Å²) in [6, 6.07) is 2.47. The molecule has 11 nitrogen and oxygen atoms in total. The lowest BCUT2D eigenvalue weighted by molar-refractivity contribution is -0.120. The van der Waals surface area contributed by atoms with E-state index in [0.29, 0.717) is 5.13 Å². The molecule has 0 spiro atoms. The highest BCUT2D eigenvalue weighted by molar-refractivity contribution is 7.12. The number of nitrogens with one attached hydrogen (secondary N) is 1. The summed E-state index contributed by atoms with van der Waals surface area (Å²) in [5, 5.41) is 17.5. The molecule has 0 unspecified atom stereocenters. The third kappa shape index (κ3) is 3.28. The minimum absolute atomic E-state index is 0.0456. The van der Waals surface area contributed by atoms with Crippen molar-refractivity contribution < 1.29 is 23.6 Å². The Bertz CT molecular complexity index is 1400. The minimum Gasteiger partial charge on any atom is -0.477 e. The highest BCUT2D eigenvalue weighted by Gasteiger charge is 2.35. The van der Waals surface area contributed by atoms with Gasteiger partial charge in [-0.25, -0.2) is 19.2 Å². The molecule has 1 amide bonds. The second-order valence-corrected chi connectivity index (χ2v) is 7.88. The summed E-state index contributed by atoms with van der Waals surface area (Å²) in [7, 11) is 0. The Labute approximate surface area is 181 Å². The molecule has 1 saturated heterocycles. The van der Waals surface area contributed by atoms with Gasteiger partial charge in [0.15, 0.2) is 28.2 Å². The van der Waals surface area contributed by atoms with Crippen molar-refractivity contribution in [3.05, 3.63) is 57.8 Å². The summed E-state index contributed by atoms with van der Waals surface area (Å²) >= 11 is 1.20. The maximum atomic E-state index is 14.9. The van der Waals surface area contributed by atoms with Gasteiger partial charge in [0.2, 0.25) is 11.3 Å². The Morgan fingerprint density at radius 1 is 1.34 bits per heavy atom. The molecule has 0 saturated carbocycles. The number of hydrogen-bond acceptors (Lipinski definition) is 9. The Kier molecular flexibility index (Phi) is 4.66. The highest BCUT2D eigenvalue weighted by atomic mass is 32.1. The number of aromatic carboxylic acids is 1. The van der Waals surface area contributed by atoms with Crippen LogP contribution in [0.15, 0.2) is 45.5 Å². The van der Waals surface area contributed by atoms with Crippen LogP contribution in [0.2, 0.25) is 0 Å². The van der Waals surface area contributed by atoms with Gasteiger partial charge in [0.1, 0.15) is 11.8 Å². The molecule has 5 rings (SSSR count). The van der Waals surface area contributed by atoms with Crippen molar-refractivity contribution >= 4 is 45.9 Å². The van der Waals surface area contributed by atoms with Crippen molar-refractivity contribution in [2.45, 2.75) is 0 Å². The largest absolute Gasteiger partial charge is 0.477 e. The number of nitrogens with zero attached hydrogens (tertiary/aromatic N) is 5. The molecule has 162 valence electrons. The molecule has 0 aromatic carbocycles. The SMILES string of the molecule is O=C(O)c1cn(-c2nccs2)c2nc(N3CC(C(=O)Nc4ccon4)C3)c(F)cc2c1=O. The first-order valence-electron chi connectivity index (χ1n) is 9.27. The van der Waals surface area contributed by atoms with E-state index >= 15 is 0 Å². The van der Waals surface area contributed by atoms with E-state index in [1.165, 1.54) is 34.4 Å². The van der Waals surface area contributed by atoms with Gasteiger partial charge in [-0.1, -0.05) is 5.16 Å². The van der Waals surface area contributed by atoms with Crippen molar-refractivity contribution in [3.8, 4) is 5.13 Å². The Morgan fingerprint density at radius 3 is 2.81 bits per heavy atom. The maximum absolute atomic E-state index is 14.9. The van der Waals surface area contributed by atoms with Crippen LogP contribution in [0, 0.1) is 11.7 Å². The van der Waals surface area contributed by atoms with Crippen molar-refractivity contribution in [2.75, 3.05) is 23.3 Å². The molecular weight excluding hydrogens is 443 g/mol. The second kappa shape index (κ2) is 7.53. The lowest BCUT2D eigenvalue weighted by Gasteiger charge is -2.39. The molecule has 1 aliphatic rings. The quantitative estimate of drug-likeness (QED) is 0.459. The fraction of sp³-hybridized carbons (Fsp3) is 0.158. The van der Waals surface area contributed by atoms with Gasteiger partial charge in [-0.3, -0.25) is 14.2 Å². The summed E-state index contributed by atoms with van der Waals surface area (Å²) in [5.74, 6) is -2.70. The minimum atomic E-state index is -1.43. The summed E-state index contributed by atoms with van der Waals surface area (Å²) < 4.78 is 20.9. The zero-order chi connectivity index (χ0) is 22.4. The van der Waals surface area contributed by atoms with Gasteiger partial charge in [-0.2, -0.15) is 0 Å². The number of thiazole rings is 1. The molecular formula is C19H13FN6O5S. The van der Waals surface area contributed by atoms with Crippen LogP contribution in [0.4, 0.5) is 16.0 Å². The van der Waals surface area contributed by atoms with E-state index in [2.05, 4.69) is 25.0 Å². The second-order valence-electron chi connectivity index (χ2n) is 7.00. The molecule has 32 heavy (non-hydrogen) atoms. The molecule has 0 bridgehead atoms. The van der Waals surface area contributed by atoms with E-state index in [9.17, 15) is 23.9 Å². The summed E-state index contributed by atoms with van der Waals surface area (Å²) in [5.41, 5.74) is -1.29. The van der Waals surface area contributed by atoms with Crippen LogP contribution in [-0.2, 0) is 4.79 Å². The number of hydrogen-bond donors (Lipinski definition) is 2. The number of fused-ring (bicyclic) bond motifs is 1. The number of aromatic nitrogens is 4. The summed E-state index contributed by atoms with van der Waals surface area (Å²) in [6.45, 7) is 0.404. The monoisotopic (exact) mass is 456 g/mol. The van der Waals surface area contributed by atoms with Crippen LogP contribution in [0.3, 0.4) is 0 Å². The fourth-order valence-electron chi connectivity index (χ4n) is 3.39. The van der Waals surface area contributed by atoms with E-state index in [-0.39, 0.29) is 41.7 Å². The molecule has 2 N–H and O–H groups in total. The van der Waals surface area contributed by atoms with Gasteiger partial charge in [-0.15, -0.1) is 11.3 Å². The zero-order valence-corrected chi connectivity index (χ0v) is 16.9. The van der Waals surface area contributed by atoms with Crippen LogP contribution in [0.25, 0.3) is 16.2 Å². The van der Waals surface area contributed by atoms with Gasteiger partial charge < -0.3 is 19.8 Å². The van der Waals surface area contributed by atoms with Crippen LogP contribution in [0.1, 0.15) is 10.4 Å². The first-order chi connectivity index (χ1) is 15.4. The normalized spacial score (nSPS) is 13.8. The third-order valence-corrected chi connectivity index (χ3v) is 5.78. The lowest BCUT2D eigenvalue weighted by atomic mass is 9.99. The molecule has 1 aliphatic heterocycles. The van der Waals surface area contributed by atoms with Crippen molar-refractivity contribution in [1.82, 2.24) is 19.7 Å². The molecule has 4 aromatic heterocycles. The van der Waals surface area contributed by atoms with Gasteiger partial charge in [-0.05, 0) is 6.07 Å². The number of pyridine rings is 2. The number of halogens is 1. The van der Waals surface area contributed by atoms with Crippen LogP contribution < -0.4 is 15.6 Å². The predicted molar refractivity (Wildman–Crippen MR) is 111 cm³/mol. The van der Waals surface area contributed by atoms with Gasteiger partial charge in [0, 0.05) is 36.9 Å². The molecule has 13 heteroatoms. The smallest absolute Gasteiger partial charge is 0.341 e. The van der Waals surface area contributed by atoms with Crippen molar-refractivity contribution in [3.63, 3.8) is 0 Å². The van der Waals surface area contributed by atoms with E-state index < -0.39 is 28.7 Å². The average molecular weight is 456 g/mol. The topological polar surface area (TPSA) is 143 Å². The Morgan fingerprint density at radius 2 is 2.16 bits per heavy atom. The van der Waals surface area contributed by atoms with E-state index in [1.54, 1.807) is 10.3 Å². The zero-order valence-electron chi connectivity index (χ0n) is 16.1. The number of carboxylic acids is 1. The van der Waals surface area contributed by atoms with E-state index in [1.807, 2.05) is 0 Å². The van der Waals surface area contributed by atoms with Gasteiger partial charge in [0.05, 0.1) is 11.3 Å². The predicted octanol–water partition coefficient (Wildman–Crippen LogP) is 1.74. The van der Waals surface area contributed by atoms with E-state index in [4.69, 9.17) is 0 Å². The molecule has 0 radical (unpaired) electrons. The number of amides is 1. The van der Waals surface area contributed by atoms with Crippen LogP contribution in [0.5, 0.6) is 0 Å². The average Bonchev–Trinajstić information content (AvgIpc) is 3.42. The Hall–Kier alpha value is -4.13. The van der Waals surface area contributed by atoms with Crippen LogP contribution >= 0.6 is 11.3 Å². The molecule has 0 aliphatic carbocycles. The standard InChI is InChI=1S/C19H13FN6O5S/c20-12-5-10-14(27)11(18(29)30)8-26(19-21-2-4-32-19)15(10)23-16(12)25-6-9(7-25)17(28)22-13-1-3-31-24-13/h1-5,8-9H,6-7H2,(H,29,30)(H,22,24,28). The summed E-state index contributed by atoms with van der Waals surface area (Å²) in [6.07, 6.45) is 3.97. The first-order valence-corrected chi connectivity index (χ1v) is 10.2. The summed E-state index contributed by atoms with van der Waals surface area (Å²) in [4.78, 5) is 46.4. The Balaban J connectivity index is 1.50. The van der Waals surface area contributed by atoms with Crippen molar-refractivity contribution in [1.29, 1.82) is 0 Å². The van der Waals surface area contributed by atoms with Gasteiger partial charge in [0.25, 0.3) is 0 Å². The number of rotatable bonds is 5. The highest BCUT2D eigenvalue weighted by Crippen LogP contribution is 2.29. The number of carboxylic acid groups (broad SMARTS) is 1. The third-order valence-electron chi connectivity index (χ3n) is 5.01.